The van der Waals surface area contributed by atoms with E-state index in [1.54, 1.807) is 0 Å². The summed E-state index contributed by atoms with van der Waals surface area (Å²) in [6.45, 7) is 30.9. The molecular formula is C22H43Si4Sm. The fourth-order valence-electron chi connectivity index (χ4n) is 4.44. The smallest absolute Gasteiger partial charge is 1.00 e. The molecule has 5 heteroatoms. The number of rotatable bonds is 6. The molecule has 0 nitrogen and oxygen atoms in total. The number of allylic oxidation sites excluding steroid dienone is 8. The Balaban J connectivity index is 0.00000392. The molecule has 0 aliphatic heterocycles. The zero-order valence-electron chi connectivity index (χ0n) is 21.0. The van der Waals surface area contributed by atoms with Crippen molar-refractivity contribution >= 4 is 32.3 Å². The van der Waals surface area contributed by atoms with Crippen molar-refractivity contribution in [1.82, 2.24) is 0 Å². The quantitative estimate of drug-likeness (QED) is 0.286. The molecule has 0 atom stereocenters. The van der Waals surface area contributed by atoms with E-state index < -0.39 is 68.6 Å². The van der Waals surface area contributed by atoms with Gasteiger partial charge in [0.2, 0.25) is 0 Å². The van der Waals surface area contributed by atoms with E-state index in [2.05, 4.69) is 90.7 Å². The van der Waals surface area contributed by atoms with Crippen LogP contribution in [0.15, 0.2) is 35.5 Å². The van der Waals surface area contributed by atoms with Crippen molar-refractivity contribution in [2.45, 2.75) is 91.4 Å². The Morgan fingerprint density at radius 2 is 0.852 bits per heavy atom. The molecular weight excluding hydrogens is 527 g/mol. The second kappa shape index (κ2) is 8.02. The summed E-state index contributed by atoms with van der Waals surface area (Å²) in [5.41, 5.74) is 0. The Kier molecular flexibility index (Phi) is 7.26. The van der Waals surface area contributed by atoms with Gasteiger partial charge in [0.15, 0.2) is 0 Å². The summed E-state index contributed by atoms with van der Waals surface area (Å²) < 4.78 is 3.92. The van der Waals surface area contributed by atoms with Gasteiger partial charge in [-0.2, -0.15) is 0 Å². The Hall–Kier alpha value is 1.17. The van der Waals surface area contributed by atoms with Crippen LogP contribution in [-0.4, -0.2) is 32.3 Å². The van der Waals surface area contributed by atoms with Gasteiger partial charge in [-0.25, -0.2) is 0 Å². The van der Waals surface area contributed by atoms with Gasteiger partial charge in [-0.1, -0.05) is 0 Å². The van der Waals surface area contributed by atoms with E-state index in [1.165, 1.54) is 12.8 Å². The van der Waals surface area contributed by atoms with Gasteiger partial charge in [0.1, 0.15) is 0 Å². The van der Waals surface area contributed by atoms with Crippen molar-refractivity contribution in [2.24, 2.45) is 0 Å². The van der Waals surface area contributed by atoms with E-state index in [9.17, 15) is 0 Å². The van der Waals surface area contributed by atoms with Crippen LogP contribution in [0.1, 0.15) is 14.3 Å². The van der Waals surface area contributed by atoms with Gasteiger partial charge in [-0.3, -0.25) is 0 Å². The van der Waals surface area contributed by atoms with Gasteiger partial charge in [0, 0.05) is 0 Å². The maximum absolute atomic E-state index is 2.67. The second-order valence-electron chi connectivity index (χ2n) is 12.3. The predicted molar refractivity (Wildman–Crippen MR) is 134 cm³/mol. The van der Waals surface area contributed by atoms with Crippen LogP contribution in [0.5, 0.6) is 0 Å². The van der Waals surface area contributed by atoms with Crippen molar-refractivity contribution < 1.29 is 37.7 Å². The van der Waals surface area contributed by atoms with Gasteiger partial charge in [0.25, 0.3) is 0 Å². The van der Waals surface area contributed by atoms with Crippen molar-refractivity contribution in [3.8, 4) is 0 Å². The summed E-state index contributed by atoms with van der Waals surface area (Å²) in [4.78, 5) is 0. The number of hydrogen-bond acceptors (Lipinski definition) is 0. The molecule has 2 aliphatic carbocycles. The molecule has 0 heterocycles. The van der Waals surface area contributed by atoms with Gasteiger partial charge in [0.05, 0.1) is 0 Å². The zero-order valence-corrected chi connectivity index (χ0v) is 26.6. The van der Waals surface area contributed by atoms with Crippen molar-refractivity contribution in [3.05, 3.63) is 35.5 Å². The third-order valence-corrected chi connectivity index (χ3v) is 19.4. The average molecular weight is 570 g/mol. The normalized spacial score (nSPS) is 19.7. The molecule has 0 spiro atoms. The molecule has 153 valence electrons. The summed E-state index contributed by atoms with van der Waals surface area (Å²) >= 11 is -0.613. The molecule has 0 N–H and O–H groups in total. The van der Waals surface area contributed by atoms with Gasteiger partial charge < -0.3 is 1.43 Å². The van der Waals surface area contributed by atoms with Crippen LogP contribution < -0.4 is 0 Å². The van der Waals surface area contributed by atoms with E-state index in [0.717, 1.165) is 0 Å². The first-order valence-corrected chi connectivity index (χ1v) is 27.1. The van der Waals surface area contributed by atoms with Gasteiger partial charge >= 0.3 is 196 Å². The minimum atomic E-state index is -1.29. The van der Waals surface area contributed by atoms with Crippen LogP contribution in [-0.2, 0) is 0 Å². The Morgan fingerprint density at radius 1 is 0.556 bits per heavy atom. The van der Waals surface area contributed by atoms with Crippen molar-refractivity contribution in [1.29, 1.82) is 0 Å². The predicted octanol–water partition coefficient (Wildman–Crippen LogP) is 7.86. The van der Waals surface area contributed by atoms with Crippen molar-refractivity contribution in [3.63, 3.8) is 0 Å². The minimum Gasteiger partial charge on any atom is -1.00 e. The topological polar surface area (TPSA) is 0 Å². The largest absolute Gasteiger partial charge is 1.00 e. The molecule has 2 rings (SSSR count). The second-order valence-corrected chi connectivity index (χ2v) is 36.2. The molecule has 2 aliphatic rings. The summed E-state index contributed by atoms with van der Waals surface area (Å²) in [5, 5.41) is 7.53. The first kappa shape index (κ1) is 24.4. The van der Waals surface area contributed by atoms with Crippen molar-refractivity contribution in [2.75, 3.05) is 0 Å². The molecule has 0 radical (unpaired) electrons. The molecule has 0 aromatic rings. The molecule has 0 saturated carbocycles. The third-order valence-electron chi connectivity index (χ3n) is 5.44. The minimum absolute atomic E-state index is 0. The molecule has 27 heavy (non-hydrogen) atoms. The van der Waals surface area contributed by atoms with E-state index >= 15 is 0 Å². The fraction of sp³-hybridized carbons (Fsp3) is 0.636. The fourth-order valence-corrected chi connectivity index (χ4v) is 26.5. The summed E-state index contributed by atoms with van der Waals surface area (Å²) in [5.74, 6) is 0. The first-order valence-electron chi connectivity index (χ1n) is 10.5. The molecule has 0 aromatic carbocycles. The Labute approximate surface area is 195 Å². The van der Waals surface area contributed by atoms with Gasteiger partial charge in [-0.05, 0) is 0 Å². The van der Waals surface area contributed by atoms with Crippen LogP contribution in [0.3, 0.4) is 0 Å². The average Bonchev–Trinajstić information content (AvgIpc) is 3.00. The van der Waals surface area contributed by atoms with Crippen LogP contribution >= 0.6 is 0 Å². The SMILES string of the molecule is C[Si](C)(C)C1=CC[C]([Sm+][C]2=C([Si](C)(C)C)C([Si](C)(C)C)=CC2)=C1[Si](C)(C)C.[H-]. The summed E-state index contributed by atoms with van der Waals surface area (Å²) in [6, 6.07) is 0. The maximum Gasteiger partial charge on any atom is -1.00 e. The molecule has 0 saturated heterocycles. The first-order chi connectivity index (χ1) is 11.9. The van der Waals surface area contributed by atoms with E-state index in [0.29, 0.717) is 0 Å². The zero-order chi connectivity index (χ0) is 21.0. The standard InChI is InChI=1S/2C11H21Si2.Sm.H/c2*1-12(2,3)10-8-7-9-11(10)13(4,5)6;;/h2*8H,7H2,1-6H3;;/q;;+1;-1. The Morgan fingerprint density at radius 3 is 1.07 bits per heavy atom. The molecule has 0 unspecified atom stereocenters. The van der Waals surface area contributed by atoms with Gasteiger partial charge in [-0.15, -0.1) is 0 Å². The van der Waals surface area contributed by atoms with E-state index in [4.69, 9.17) is 0 Å². The number of hydrogen-bond donors (Lipinski definition) is 0. The van der Waals surface area contributed by atoms with Crippen LogP contribution in [0.2, 0.25) is 78.6 Å². The maximum atomic E-state index is 2.67. The van der Waals surface area contributed by atoms with Crippen LogP contribution in [0.25, 0.3) is 0 Å². The van der Waals surface area contributed by atoms with E-state index in [1.807, 2.05) is 23.4 Å². The molecule has 0 fully saturated rings. The molecule has 0 bridgehead atoms. The van der Waals surface area contributed by atoms with Crippen LogP contribution in [0.4, 0.5) is 0 Å². The Bertz CT molecular complexity index is 681. The molecule has 0 amide bonds. The van der Waals surface area contributed by atoms with E-state index in [-0.39, 0.29) is 1.43 Å². The van der Waals surface area contributed by atoms with Crippen LogP contribution in [0, 0.1) is 36.3 Å². The third kappa shape index (κ3) is 5.65. The summed E-state index contributed by atoms with van der Waals surface area (Å²) in [6.07, 6.45) is 7.95. The monoisotopic (exact) mass is 571 g/mol. The molecule has 0 aromatic heterocycles. The summed E-state index contributed by atoms with van der Waals surface area (Å²) in [7, 11) is -5.05.